The molecule has 0 saturated carbocycles. The third-order valence-corrected chi connectivity index (χ3v) is 7.56. The van der Waals surface area contributed by atoms with Crippen LogP contribution in [0.3, 0.4) is 0 Å². The minimum atomic E-state index is 1.11. The Hall–Kier alpha value is -1.08. The minimum Gasteiger partial charge on any atom is -0.230 e. The lowest BCUT2D eigenvalue weighted by Crippen LogP contribution is -1.72. The number of benzene rings is 2. The van der Waals surface area contributed by atoms with Gasteiger partial charge in [-0.15, -0.1) is 22.7 Å². The molecule has 6 heteroatoms. The van der Waals surface area contributed by atoms with E-state index in [1.807, 2.05) is 36.0 Å². The highest BCUT2D eigenvalue weighted by Crippen LogP contribution is 2.29. The monoisotopic (exact) mass is 390 g/mol. The maximum Gasteiger partial charge on any atom is 0.151 e. The van der Waals surface area contributed by atoms with Crippen LogP contribution in [0, 0.1) is 0 Å². The van der Waals surface area contributed by atoms with Gasteiger partial charge in [0.1, 0.15) is 0 Å². The summed E-state index contributed by atoms with van der Waals surface area (Å²) in [4.78, 5) is 8.94. The highest BCUT2D eigenvalue weighted by atomic mass is 32.2. The zero-order valence-corrected chi connectivity index (χ0v) is 16.8. The van der Waals surface area contributed by atoms with Crippen molar-refractivity contribution in [3.63, 3.8) is 0 Å². The predicted octanol–water partition coefficient (Wildman–Crippen LogP) is 6.82. The number of nitrogens with zero attached hydrogens (tertiary/aromatic N) is 2. The van der Waals surface area contributed by atoms with Gasteiger partial charge in [-0.05, 0) is 36.9 Å². The van der Waals surface area contributed by atoms with Crippen molar-refractivity contribution in [1.82, 2.24) is 9.97 Å². The van der Waals surface area contributed by atoms with Crippen LogP contribution in [0.15, 0.2) is 57.2 Å². The summed E-state index contributed by atoms with van der Waals surface area (Å²) in [7, 11) is 0. The fourth-order valence-electron chi connectivity index (χ4n) is 2.04. The van der Waals surface area contributed by atoms with E-state index in [-0.39, 0.29) is 0 Å². The Morgan fingerprint density at radius 2 is 1.38 bits per heavy atom. The number of thiazole rings is 2. The molecule has 0 radical (unpaired) electrons. The van der Waals surface area contributed by atoms with Gasteiger partial charge < -0.3 is 0 Å². The quantitative estimate of drug-likeness (QED) is 0.357. The van der Waals surface area contributed by atoms with Crippen LogP contribution in [0.2, 0.25) is 0 Å². The third-order valence-electron chi connectivity index (χ3n) is 3.15. The van der Waals surface area contributed by atoms with E-state index in [0.717, 1.165) is 15.4 Å². The topological polar surface area (TPSA) is 25.8 Å². The van der Waals surface area contributed by atoms with E-state index in [4.69, 9.17) is 0 Å². The highest BCUT2D eigenvalue weighted by Gasteiger charge is 2.02. The molecule has 2 heterocycles. The molecule has 2 nitrogen and oxygen atoms in total. The van der Waals surface area contributed by atoms with E-state index in [1.54, 1.807) is 34.4 Å². The van der Waals surface area contributed by atoms with Crippen LogP contribution in [-0.4, -0.2) is 22.0 Å². The summed E-state index contributed by atoms with van der Waals surface area (Å²) in [6, 6.07) is 16.5. The summed E-state index contributed by atoms with van der Waals surface area (Å²) in [5.74, 6) is 1.17. The van der Waals surface area contributed by atoms with Crippen LogP contribution in [-0.2, 0) is 0 Å². The summed E-state index contributed by atoms with van der Waals surface area (Å²) in [5, 5.41) is 0. The van der Waals surface area contributed by atoms with Crippen LogP contribution in [0.4, 0.5) is 0 Å². The second kappa shape index (κ2) is 8.85. The second-order valence-corrected chi connectivity index (χ2v) is 9.40. The summed E-state index contributed by atoms with van der Waals surface area (Å²) in [6.45, 7) is 2.19. The first kappa shape index (κ1) is 17.7. The molecule has 2 aromatic carbocycles. The molecule has 0 bridgehead atoms. The maximum absolute atomic E-state index is 4.53. The van der Waals surface area contributed by atoms with Gasteiger partial charge >= 0.3 is 0 Å². The first-order valence-electron chi connectivity index (χ1n) is 7.68. The van der Waals surface area contributed by atoms with Crippen molar-refractivity contribution in [1.29, 1.82) is 0 Å². The lowest BCUT2D eigenvalue weighted by Gasteiger charge is -1.89. The van der Waals surface area contributed by atoms with Crippen molar-refractivity contribution in [2.45, 2.75) is 22.0 Å². The van der Waals surface area contributed by atoms with Crippen LogP contribution < -0.4 is 0 Å². The van der Waals surface area contributed by atoms with Gasteiger partial charge in [0.15, 0.2) is 8.68 Å². The van der Waals surface area contributed by atoms with Gasteiger partial charge in [-0.25, -0.2) is 9.97 Å². The molecule has 0 atom stereocenters. The number of rotatable bonds is 4. The molecular weight excluding hydrogens is 372 g/mol. The van der Waals surface area contributed by atoms with Gasteiger partial charge in [0, 0.05) is 5.75 Å². The maximum atomic E-state index is 4.53. The highest BCUT2D eigenvalue weighted by molar-refractivity contribution is 8.01. The molecule has 0 aliphatic carbocycles. The van der Waals surface area contributed by atoms with Crippen molar-refractivity contribution in [2.75, 3.05) is 12.0 Å². The van der Waals surface area contributed by atoms with Crippen LogP contribution in [0.25, 0.3) is 20.4 Å². The van der Waals surface area contributed by atoms with Crippen LogP contribution >= 0.6 is 46.2 Å². The molecule has 124 valence electrons. The number of para-hydroxylation sites is 2. The minimum absolute atomic E-state index is 1.11. The Morgan fingerprint density at radius 3 is 1.92 bits per heavy atom. The molecular formula is C18H18N2S4. The third kappa shape index (κ3) is 4.51. The van der Waals surface area contributed by atoms with Crippen LogP contribution in [0.5, 0.6) is 0 Å². The van der Waals surface area contributed by atoms with Crippen molar-refractivity contribution < 1.29 is 0 Å². The first-order valence-corrected chi connectivity index (χ1v) is 11.5. The van der Waals surface area contributed by atoms with Gasteiger partial charge in [0.2, 0.25) is 0 Å². The lowest BCUT2D eigenvalue weighted by atomic mass is 10.3. The van der Waals surface area contributed by atoms with Crippen LogP contribution in [0.1, 0.15) is 13.3 Å². The summed E-state index contributed by atoms with van der Waals surface area (Å²) >= 11 is 7.09. The summed E-state index contributed by atoms with van der Waals surface area (Å²) in [6.07, 6.45) is 3.26. The molecule has 0 spiro atoms. The van der Waals surface area contributed by atoms with Gasteiger partial charge in [-0.3, -0.25) is 0 Å². The Kier molecular flexibility index (Phi) is 6.54. The average Bonchev–Trinajstić information content (AvgIpc) is 3.23. The zero-order chi connectivity index (χ0) is 16.8. The molecule has 0 amide bonds. The van der Waals surface area contributed by atoms with E-state index in [1.165, 1.54) is 25.9 Å². The summed E-state index contributed by atoms with van der Waals surface area (Å²) < 4.78 is 4.91. The Balaban J connectivity index is 0.000000143. The van der Waals surface area contributed by atoms with E-state index in [2.05, 4.69) is 47.4 Å². The number of hydrogen-bond donors (Lipinski definition) is 0. The zero-order valence-electron chi connectivity index (χ0n) is 13.6. The van der Waals surface area contributed by atoms with Crippen molar-refractivity contribution >= 4 is 66.6 Å². The molecule has 0 aliphatic heterocycles. The van der Waals surface area contributed by atoms with Gasteiger partial charge in [-0.2, -0.15) is 0 Å². The molecule has 0 fully saturated rings. The van der Waals surface area contributed by atoms with E-state index in [9.17, 15) is 0 Å². The van der Waals surface area contributed by atoms with E-state index in [0.29, 0.717) is 0 Å². The molecule has 2 aromatic heterocycles. The van der Waals surface area contributed by atoms with Gasteiger partial charge in [0.25, 0.3) is 0 Å². The molecule has 0 N–H and O–H groups in total. The van der Waals surface area contributed by atoms with Crippen molar-refractivity contribution in [3.05, 3.63) is 48.5 Å². The molecule has 0 aliphatic rings. The Bertz CT molecular complexity index is 847. The molecule has 0 unspecified atom stereocenters. The normalized spacial score (nSPS) is 10.8. The van der Waals surface area contributed by atoms with Gasteiger partial charge in [-0.1, -0.05) is 54.7 Å². The average molecular weight is 391 g/mol. The predicted molar refractivity (Wildman–Crippen MR) is 112 cm³/mol. The van der Waals surface area contributed by atoms with Crippen molar-refractivity contribution in [2.24, 2.45) is 0 Å². The fourth-order valence-corrected chi connectivity index (χ4v) is 5.52. The van der Waals surface area contributed by atoms with E-state index >= 15 is 0 Å². The van der Waals surface area contributed by atoms with Gasteiger partial charge in [0.05, 0.1) is 20.4 Å². The standard InChI is InChI=1S/C10H11NS2.C8H7NS2/c1-2-7-12-10-11-8-5-3-4-6-9(8)13-10;1-10-8-9-6-4-2-3-5-7(6)11-8/h3-6H,2,7H2,1H3;2-5H,1H3. The molecule has 4 rings (SSSR count). The second-order valence-electron chi connectivity index (χ2n) is 4.95. The van der Waals surface area contributed by atoms with Crippen molar-refractivity contribution in [3.8, 4) is 0 Å². The fraction of sp³-hybridized carbons (Fsp3) is 0.222. The largest absolute Gasteiger partial charge is 0.230 e. The van der Waals surface area contributed by atoms with E-state index < -0.39 is 0 Å². The lowest BCUT2D eigenvalue weighted by molar-refractivity contribution is 1.10. The summed E-state index contributed by atoms with van der Waals surface area (Å²) in [5.41, 5.74) is 2.24. The number of hydrogen-bond acceptors (Lipinski definition) is 6. The first-order chi connectivity index (χ1) is 11.8. The smallest absolute Gasteiger partial charge is 0.151 e. The number of thioether (sulfide) groups is 2. The Morgan fingerprint density at radius 1 is 0.833 bits per heavy atom. The SMILES string of the molecule is CCCSc1nc2ccccc2s1.CSc1nc2ccccc2s1. The number of fused-ring (bicyclic) bond motifs is 2. The number of aromatic nitrogens is 2. The molecule has 24 heavy (non-hydrogen) atoms. The Labute approximate surface area is 158 Å². The molecule has 4 aromatic rings. The molecule has 0 saturated heterocycles.